The van der Waals surface area contributed by atoms with Gasteiger partial charge in [-0.2, -0.15) is 0 Å². The number of rotatable bonds is 7. The van der Waals surface area contributed by atoms with Crippen molar-refractivity contribution in [2.24, 2.45) is 0 Å². The van der Waals surface area contributed by atoms with E-state index < -0.39 is 5.97 Å². The molecule has 0 spiro atoms. The lowest BCUT2D eigenvalue weighted by Gasteiger charge is -2.12. The molecule has 0 aromatic rings. The van der Waals surface area contributed by atoms with E-state index in [1.807, 2.05) is 6.92 Å². The third-order valence-electron chi connectivity index (χ3n) is 1.68. The van der Waals surface area contributed by atoms with Crippen molar-refractivity contribution in [2.45, 2.75) is 51.4 Å². The molecule has 0 aromatic heterocycles. The van der Waals surface area contributed by atoms with E-state index in [1.165, 1.54) is 0 Å². The minimum Gasteiger partial charge on any atom is -0.396 e. The molecule has 0 heterocycles. The highest BCUT2D eigenvalue weighted by molar-refractivity contribution is 4.47. The Morgan fingerprint density at radius 3 is 1.53 bits per heavy atom. The Bertz CT molecular complexity index is 107. The van der Waals surface area contributed by atoms with Crippen LogP contribution in [0.3, 0.4) is 0 Å². The number of aliphatic hydroxyl groups excluding tert-OH is 2. The molecule has 0 aliphatic heterocycles. The van der Waals surface area contributed by atoms with Crippen LogP contribution < -0.4 is 0 Å². The highest BCUT2D eigenvalue weighted by Crippen LogP contribution is 2.07. The molecule has 94 valence electrons. The molecule has 0 bridgehead atoms. The summed E-state index contributed by atoms with van der Waals surface area (Å²) in [6, 6.07) is 0. The SMILES string of the molecule is CCCCCC(O)(O)O.OCCCCO. The minimum absolute atomic E-state index is 0.0425. The molecule has 0 rings (SSSR count). The van der Waals surface area contributed by atoms with Crippen molar-refractivity contribution in [3.63, 3.8) is 0 Å². The smallest absolute Gasteiger partial charge is 0.275 e. The van der Waals surface area contributed by atoms with Crippen LogP contribution in [0.1, 0.15) is 45.4 Å². The van der Waals surface area contributed by atoms with Gasteiger partial charge in [0.1, 0.15) is 0 Å². The van der Waals surface area contributed by atoms with Crippen molar-refractivity contribution in [3.05, 3.63) is 0 Å². The van der Waals surface area contributed by atoms with Crippen molar-refractivity contribution in [3.8, 4) is 0 Å². The summed E-state index contributed by atoms with van der Waals surface area (Å²) in [5.74, 6) is -2.45. The molecular weight excluding hydrogens is 200 g/mol. The topological polar surface area (TPSA) is 101 Å². The van der Waals surface area contributed by atoms with Gasteiger partial charge in [0.2, 0.25) is 0 Å². The van der Waals surface area contributed by atoms with Gasteiger partial charge in [0.15, 0.2) is 0 Å². The summed E-state index contributed by atoms with van der Waals surface area (Å²) in [6.45, 7) is 2.40. The van der Waals surface area contributed by atoms with Crippen LogP contribution in [0.15, 0.2) is 0 Å². The molecule has 0 amide bonds. The van der Waals surface area contributed by atoms with Crippen molar-refractivity contribution < 1.29 is 25.5 Å². The van der Waals surface area contributed by atoms with Gasteiger partial charge in [-0.1, -0.05) is 19.8 Å². The van der Waals surface area contributed by atoms with Gasteiger partial charge in [0.05, 0.1) is 0 Å². The predicted octanol–water partition coefficient (Wildman–Crippen LogP) is -0.0514. The van der Waals surface area contributed by atoms with Crippen LogP contribution in [-0.2, 0) is 0 Å². The molecule has 0 aliphatic rings. The molecule has 0 radical (unpaired) electrons. The van der Waals surface area contributed by atoms with Gasteiger partial charge in [-0.25, -0.2) is 0 Å². The third kappa shape index (κ3) is 24.8. The second-order valence-electron chi connectivity index (χ2n) is 3.39. The summed E-state index contributed by atoms with van der Waals surface area (Å²) in [5, 5.41) is 41.2. The van der Waals surface area contributed by atoms with Gasteiger partial charge in [0.25, 0.3) is 5.97 Å². The molecule has 5 heteroatoms. The van der Waals surface area contributed by atoms with E-state index in [2.05, 4.69) is 0 Å². The van der Waals surface area contributed by atoms with Crippen LogP contribution in [0, 0.1) is 0 Å². The maximum absolute atomic E-state index is 8.36. The Morgan fingerprint density at radius 2 is 1.27 bits per heavy atom. The first-order valence-electron chi connectivity index (χ1n) is 5.36. The predicted molar refractivity (Wildman–Crippen MR) is 56.9 cm³/mol. The fourth-order valence-corrected chi connectivity index (χ4v) is 0.836. The van der Waals surface area contributed by atoms with Gasteiger partial charge < -0.3 is 25.5 Å². The minimum atomic E-state index is -2.45. The molecule has 0 atom stereocenters. The largest absolute Gasteiger partial charge is 0.396 e. The summed E-state index contributed by atoms with van der Waals surface area (Å²) in [6.07, 6.45) is 4.06. The van der Waals surface area contributed by atoms with Crippen LogP contribution in [0.25, 0.3) is 0 Å². The van der Waals surface area contributed by atoms with Crippen molar-refractivity contribution in [1.29, 1.82) is 0 Å². The van der Waals surface area contributed by atoms with Crippen molar-refractivity contribution in [1.82, 2.24) is 0 Å². The Kier molecular flexibility index (Phi) is 13.6. The van der Waals surface area contributed by atoms with E-state index in [0.717, 1.165) is 25.7 Å². The molecule has 0 saturated heterocycles. The zero-order valence-electron chi connectivity index (χ0n) is 9.39. The Balaban J connectivity index is 0. The first kappa shape index (κ1) is 17.2. The zero-order valence-corrected chi connectivity index (χ0v) is 9.39. The highest BCUT2D eigenvalue weighted by atomic mass is 16.7. The van der Waals surface area contributed by atoms with Gasteiger partial charge >= 0.3 is 0 Å². The molecule has 0 aliphatic carbocycles. The highest BCUT2D eigenvalue weighted by Gasteiger charge is 2.15. The van der Waals surface area contributed by atoms with E-state index in [1.54, 1.807) is 0 Å². The molecule has 15 heavy (non-hydrogen) atoms. The van der Waals surface area contributed by atoms with Crippen LogP contribution in [0.2, 0.25) is 0 Å². The molecule has 0 fully saturated rings. The molecule has 0 aromatic carbocycles. The maximum Gasteiger partial charge on any atom is 0.275 e. The van der Waals surface area contributed by atoms with Crippen molar-refractivity contribution in [2.75, 3.05) is 13.2 Å². The standard InChI is InChI=1S/C6H14O3.C4H10O2/c1-2-3-4-5-6(7,8)9;5-3-1-2-4-6/h7-9H,2-5H2,1H3;5-6H,1-4H2. The monoisotopic (exact) mass is 224 g/mol. The normalized spacial score (nSPS) is 10.8. The van der Waals surface area contributed by atoms with Gasteiger partial charge in [-0.3, -0.25) is 0 Å². The quantitative estimate of drug-likeness (QED) is 0.308. The average Bonchev–Trinajstić information content (AvgIpc) is 2.14. The van der Waals surface area contributed by atoms with E-state index in [0.29, 0.717) is 6.42 Å². The average molecular weight is 224 g/mol. The zero-order chi connectivity index (χ0) is 12.2. The van der Waals surface area contributed by atoms with E-state index >= 15 is 0 Å². The van der Waals surface area contributed by atoms with Gasteiger partial charge in [-0.05, 0) is 19.3 Å². The number of unbranched alkanes of at least 4 members (excludes halogenated alkanes) is 3. The number of hydrogen-bond acceptors (Lipinski definition) is 5. The van der Waals surface area contributed by atoms with E-state index in [4.69, 9.17) is 25.5 Å². The summed E-state index contributed by atoms with van der Waals surface area (Å²) in [4.78, 5) is 0. The third-order valence-corrected chi connectivity index (χ3v) is 1.68. The Morgan fingerprint density at radius 1 is 0.800 bits per heavy atom. The van der Waals surface area contributed by atoms with Crippen LogP contribution in [0.4, 0.5) is 0 Å². The second-order valence-corrected chi connectivity index (χ2v) is 3.39. The van der Waals surface area contributed by atoms with Gasteiger partial charge in [-0.15, -0.1) is 0 Å². The summed E-state index contributed by atoms with van der Waals surface area (Å²) < 4.78 is 0. The lowest BCUT2D eigenvalue weighted by molar-refractivity contribution is -0.314. The molecule has 0 saturated carbocycles. The fraction of sp³-hybridized carbons (Fsp3) is 1.00. The number of hydrogen-bond donors (Lipinski definition) is 5. The maximum atomic E-state index is 8.36. The first-order chi connectivity index (χ1) is 6.97. The van der Waals surface area contributed by atoms with Crippen LogP contribution in [0.5, 0.6) is 0 Å². The summed E-state index contributed by atoms with van der Waals surface area (Å²) in [7, 11) is 0. The summed E-state index contributed by atoms with van der Waals surface area (Å²) >= 11 is 0. The van der Waals surface area contributed by atoms with E-state index in [9.17, 15) is 0 Å². The van der Waals surface area contributed by atoms with Crippen LogP contribution in [-0.4, -0.2) is 44.7 Å². The molecule has 0 unspecified atom stereocenters. The summed E-state index contributed by atoms with van der Waals surface area (Å²) in [5.41, 5.74) is 0. The van der Waals surface area contributed by atoms with E-state index in [-0.39, 0.29) is 19.6 Å². The lowest BCUT2D eigenvalue weighted by atomic mass is 10.2. The number of aliphatic hydroxyl groups is 5. The Labute approximate surface area is 91.0 Å². The van der Waals surface area contributed by atoms with Crippen LogP contribution >= 0.6 is 0 Å². The molecule has 5 nitrogen and oxygen atoms in total. The fourth-order valence-electron chi connectivity index (χ4n) is 0.836. The van der Waals surface area contributed by atoms with Gasteiger partial charge in [0, 0.05) is 19.6 Å². The molecular formula is C10H24O5. The molecule has 5 N–H and O–H groups in total. The first-order valence-corrected chi connectivity index (χ1v) is 5.36. The lowest BCUT2D eigenvalue weighted by Crippen LogP contribution is -2.26. The second kappa shape index (κ2) is 11.9. The van der Waals surface area contributed by atoms with Crippen molar-refractivity contribution >= 4 is 0 Å². The Hall–Kier alpha value is -0.200.